The van der Waals surface area contributed by atoms with Gasteiger partial charge in [0.2, 0.25) is 5.88 Å². The van der Waals surface area contributed by atoms with Crippen LogP contribution in [-0.2, 0) is 0 Å². The summed E-state index contributed by atoms with van der Waals surface area (Å²) in [6.07, 6.45) is 4.48. The second-order valence-corrected chi connectivity index (χ2v) is 9.07. The van der Waals surface area contributed by atoms with Crippen molar-refractivity contribution in [2.75, 3.05) is 42.7 Å². The Morgan fingerprint density at radius 1 is 1.14 bits per heavy atom. The van der Waals surface area contributed by atoms with Crippen molar-refractivity contribution in [2.24, 2.45) is 0 Å². The first-order valence-electron chi connectivity index (χ1n) is 12.0. The minimum Gasteiger partial charge on any atom is -0.439 e. The van der Waals surface area contributed by atoms with Crippen LogP contribution in [0.2, 0.25) is 0 Å². The molecule has 2 aromatic carbocycles. The fraction of sp³-hybridized carbons (Fsp3) is 0.222. The van der Waals surface area contributed by atoms with Gasteiger partial charge in [-0.2, -0.15) is 5.10 Å². The van der Waals surface area contributed by atoms with E-state index in [0.29, 0.717) is 29.1 Å². The van der Waals surface area contributed by atoms with E-state index >= 15 is 0 Å². The first-order chi connectivity index (χ1) is 17.9. The van der Waals surface area contributed by atoms with Crippen molar-refractivity contribution in [1.82, 2.24) is 20.1 Å². The molecule has 1 aliphatic rings. The molecule has 2 amide bonds. The molecule has 190 valence electrons. The van der Waals surface area contributed by atoms with Crippen LogP contribution in [-0.4, -0.2) is 59.3 Å². The largest absolute Gasteiger partial charge is 0.439 e. The van der Waals surface area contributed by atoms with Gasteiger partial charge >= 0.3 is 6.03 Å². The molecular weight excluding hydrogens is 473 g/mol. The normalized spacial score (nSPS) is 15.1. The predicted molar refractivity (Wildman–Crippen MR) is 142 cm³/mol. The Bertz CT molecular complexity index is 1380. The lowest BCUT2D eigenvalue weighted by Gasteiger charge is -2.22. The van der Waals surface area contributed by atoms with Crippen LogP contribution in [0.1, 0.15) is 6.42 Å². The standard InChI is InChI=1S/C27H28FN7O2/c1-34(2)21-11-12-35(17-21)20-6-3-5-19(13-20)31-27(36)33-25-14-22(9-10-23(25)28)37-26-8-4-7-24(32-26)18-15-29-30-16-18/h3-10,13-16,21H,11-12,17H2,1-2H3,(H,29,30)(H2,31,33,36). The number of amides is 2. The zero-order valence-electron chi connectivity index (χ0n) is 20.6. The molecule has 3 heterocycles. The van der Waals surface area contributed by atoms with Gasteiger partial charge in [0, 0.05) is 54.4 Å². The number of aromatic nitrogens is 3. The highest BCUT2D eigenvalue weighted by atomic mass is 19.1. The Balaban J connectivity index is 1.24. The van der Waals surface area contributed by atoms with Crippen LogP contribution in [0.15, 0.2) is 73.1 Å². The van der Waals surface area contributed by atoms with Crippen molar-refractivity contribution in [2.45, 2.75) is 12.5 Å². The van der Waals surface area contributed by atoms with Crippen molar-refractivity contribution in [3.63, 3.8) is 0 Å². The summed E-state index contributed by atoms with van der Waals surface area (Å²) in [5.41, 5.74) is 3.14. The van der Waals surface area contributed by atoms with Gasteiger partial charge in [0.15, 0.2) is 0 Å². The summed E-state index contributed by atoms with van der Waals surface area (Å²) >= 11 is 0. The molecule has 0 spiro atoms. The molecule has 9 nitrogen and oxygen atoms in total. The Morgan fingerprint density at radius 2 is 2.00 bits per heavy atom. The summed E-state index contributed by atoms with van der Waals surface area (Å²) in [6, 6.07) is 17.1. The number of benzene rings is 2. The molecule has 37 heavy (non-hydrogen) atoms. The molecule has 3 N–H and O–H groups in total. The van der Waals surface area contributed by atoms with Crippen molar-refractivity contribution >= 4 is 23.1 Å². The zero-order valence-corrected chi connectivity index (χ0v) is 20.6. The topological polar surface area (TPSA) is 98.4 Å². The minimum atomic E-state index is -0.580. The second-order valence-electron chi connectivity index (χ2n) is 9.07. The van der Waals surface area contributed by atoms with Crippen molar-refractivity contribution < 1.29 is 13.9 Å². The number of ether oxygens (including phenoxy) is 1. The molecule has 1 aliphatic heterocycles. The van der Waals surface area contributed by atoms with Gasteiger partial charge in [0.05, 0.1) is 17.6 Å². The Kier molecular flexibility index (Phi) is 7.00. The van der Waals surface area contributed by atoms with Crippen LogP contribution in [0.3, 0.4) is 0 Å². The maximum Gasteiger partial charge on any atom is 0.323 e. The number of likely N-dealkylation sites (N-methyl/N-ethyl adjacent to an activating group) is 1. The van der Waals surface area contributed by atoms with E-state index in [1.165, 1.54) is 18.2 Å². The highest BCUT2D eigenvalue weighted by molar-refractivity contribution is 6.00. The SMILES string of the molecule is CN(C)C1CCN(c2cccc(NC(=O)Nc3cc(Oc4cccc(-c5cn[nH]c5)n4)ccc3F)c2)C1. The molecule has 10 heteroatoms. The highest BCUT2D eigenvalue weighted by Crippen LogP contribution is 2.28. The fourth-order valence-electron chi connectivity index (χ4n) is 4.27. The molecule has 1 fully saturated rings. The number of carbonyl (C=O) groups is 1. The summed E-state index contributed by atoms with van der Waals surface area (Å²) in [6.45, 7) is 1.89. The fourth-order valence-corrected chi connectivity index (χ4v) is 4.27. The molecule has 0 saturated carbocycles. The number of rotatable bonds is 7. The third-order valence-electron chi connectivity index (χ3n) is 6.29. The average Bonchev–Trinajstić information content (AvgIpc) is 3.60. The van der Waals surface area contributed by atoms with Gasteiger partial charge in [-0.3, -0.25) is 5.10 Å². The van der Waals surface area contributed by atoms with E-state index in [4.69, 9.17) is 4.74 Å². The maximum absolute atomic E-state index is 14.5. The molecular formula is C27H28FN7O2. The summed E-state index contributed by atoms with van der Waals surface area (Å²) in [5.74, 6) is 0.0825. The van der Waals surface area contributed by atoms with Gasteiger partial charge in [-0.25, -0.2) is 14.2 Å². The number of urea groups is 1. The average molecular weight is 502 g/mol. The summed E-state index contributed by atoms with van der Waals surface area (Å²) in [4.78, 5) is 21.7. The predicted octanol–water partition coefficient (Wildman–Crippen LogP) is 5.19. The lowest BCUT2D eigenvalue weighted by atomic mass is 10.2. The number of hydrogen-bond donors (Lipinski definition) is 3. The number of anilines is 3. The molecule has 0 aliphatic carbocycles. The van der Waals surface area contributed by atoms with E-state index in [2.05, 4.69) is 49.7 Å². The molecule has 4 aromatic rings. The van der Waals surface area contributed by atoms with E-state index in [1.807, 2.05) is 24.3 Å². The van der Waals surface area contributed by atoms with Crippen molar-refractivity contribution in [3.8, 4) is 22.9 Å². The molecule has 1 atom stereocenters. The smallest absolute Gasteiger partial charge is 0.323 e. The Morgan fingerprint density at radius 3 is 2.78 bits per heavy atom. The van der Waals surface area contributed by atoms with Gasteiger partial charge in [-0.15, -0.1) is 0 Å². The van der Waals surface area contributed by atoms with Crippen molar-refractivity contribution in [1.29, 1.82) is 0 Å². The van der Waals surface area contributed by atoms with Crippen LogP contribution in [0.25, 0.3) is 11.3 Å². The van der Waals surface area contributed by atoms with E-state index in [0.717, 1.165) is 30.8 Å². The van der Waals surface area contributed by atoms with Crippen LogP contribution in [0.5, 0.6) is 11.6 Å². The lowest BCUT2D eigenvalue weighted by Crippen LogP contribution is -2.31. The number of nitrogens with one attached hydrogen (secondary N) is 3. The van der Waals surface area contributed by atoms with Gasteiger partial charge in [0.25, 0.3) is 0 Å². The number of carbonyl (C=O) groups excluding carboxylic acids is 1. The van der Waals surface area contributed by atoms with Gasteiger partial charge < -0.3 is 25.2 Å². The first kappa shape index (κ1) is 24.3. The Hall–Kier alpha value is -4.44. The monoisotopic (exact) mass is 501 g/mol. The van der Waals surface area contributed by atoms with E-state index in [-0.39, 0.29) is 5.69 Å². The van der Waals surface area contributed by atoms with E-state index < -0.39 is 11.8 Å². The van der Waals surface area contributed by atoms with Crippen molar-refractivity contribution in [3.05, 3.63) is 78.9 Å². The van der Waals surface area contributed by atoms with Crippen LogP contribution in [0, 0.1) is 5.82 Å². The molecule has 0 bridgehead atoms. The number of halogens is 1. The van der Waals surface area contributed by atoms with E-state index in [1.54, 1.807) is 30.6 Å². The number of H-pyrrole nitrogens is 1. The number of hydrogen-bond acceptors (Lipinski definition) is 6. The second kappa shape index (κ2) is 10.7. The van der Waals surface area contributed by atoms with E-state index in [9.17, 15) is 9.18 Å². The van der Waals surface area contributed by atoms with Crippen LogP contribution in [0.4, 0.5) is 26.2 Å². The minimum absolute atomic E-state index is 0.00879. The lowest BCUT2D eigenvalue weighted by molar-refractivity contribution is 0.262. The number of aromatic amines is 1. The summed E-state index contributed by atoms with van der Waals surface area (Å²) in [5, 5.41) is 12.0. The zero-order chi connectivity index (χ0) is 25.8. The molecule has 2 aromatic heterocycles. The molecule has 5 rings (SSSR count). The Labute approximate surface area is 214 Å². The van der Waals surface area contributed by atoms with Crippen LogP contribution < -0.4 is 20.3 Å². The molecule has 1 unspecified atom stereocenters. The third kappa shape index (κ3) is 5.87. The molecule has 0 radical (unpaired) electrons. The van der Waals surface area contributed by atoms with Gasteiger partial charge in [-0.1, -0.05) is 12.1 Å². The molecule has 1 saturated heterocycles. The van der Waals surface area contributed by atoms with Gasteiger partial charge in [0.1, 0.15) is 11.6 Å². The number of nitrogens with zero attached hydrogens (tertiary/aromatic N) is 4. The third-order valence-corrected chi connectivity index (χ3v) is 6.29. The summed E-state index contributed by atoms with van der Waals surface area (Å²) in [7, 11) is 4.18. The van der Waals surface area contributed by atoms with Crippen LogP contribution >= 0.6 is 0 Å². The summed E-state index contributed by atoms with van der Waals surface area (Å²) < 4.78 is 20.3. The quantitative estimate of drug-likeness (QED) is 0.323. The number of pyridine rings is 1. The highest BCUT2D eigenvalue weighted by Gasteiger charge is 2.24. The first-order valence-corrected chi connectivity index (χ1v) is 12.0. The maximum atomic E-state index is 14.5. The van der Waals surface area contributed by atoms with Gasteiger partial charge in [-0.05, 0) is 56.9 Å².